The summed E-state index contributed by atoms with van der Waals surface area (Å²) >= 11 is 0. The summed E-state index contributed by atoms with van der Waals surface area (Å²) in [4.78, 5) is 13.5. The lowest BCUT2D eigenvalue weighted by molar-refractivity contribution is -0.218. The zero-order valence-corrected chi connectivity index (χ0v) is 22.0. The van der Waals surface area contributed by atoms with Gasteiger partial charge >= 0.3 is 5.79 Å². The third-order valence-corrected chi connectivity index (χ3v) is 8.10. The van der Waals surface area contributed by atoms with E-state index < -0.39 is 87.4 Å². The first-order chi connectivity index (χ1) is 20.8. The molecule has 7 rings (SSSR count). The number of rotatable bonds is 2. The molecule has 4 aromatic carbocycles. The molecule has 226 valence electrons. The minimum atomic E-state index is -2.37. The summed E-state index contributed by atoms with van der Waals surface area (Å²) in [6, 6.07) is 8.87. The molecule has 3 aliphatic heterocycles. The number of hydrogen-bond acceptors (Lipinski definition) is 14. The lowest BCUT2D eigenvalue weighted by atomic mass is 9.74. The van der Waals surface area contributed by atoms with Crippen molar-refractivity contribution in [3.05, 3.63) is 76.3 Å². The van der Waals surface area contributed by atoms with Gasteiger partial charge in [0.15, 0.2) is 41.0 Å². The van der Waals surface area contributed by atoms with E-state index in [-0.39, 0.29) is 39.5 Å². The van der Waals surface area contributed by atoms with Crippen molar-refractivity contribution in [3.8, 4) is 63.2 Å². The van der Waals surface area contributed by atoms with Crippen LogP contribution >= 0.6 is 0 Å². The van der Waals surface area contributed by atoms with E-state index in [2.05, 4.69) is 0 Å². The van der Waals surface area contributed by atoms with Crippen LogP contribution in [0.2, 0.25) is 0 Å². The average Bonchev–Trinajstić information content (AvgIpc) is 2.95. The molecular weight excluding hydrogens is 584 g/mol. The summed E-state index contributed by atoms with van der Waals surface area (Å²) in [5, 5.41) is 106. The highest BCUT2D eigenvalue weighted by Crippen LogP contribution is 2.62. The van der Waals surface area contributed by atoms with Crippen LogP contribution in [-0.4, -0.2) is 69.1 Å². The fourth-order valence-corrected chi connectivity index (χ4v) is 6.09. The fourth-order valence-electron chi connectivity index (χ4n) is 6.09. The molecule has 0 saturated heterocycles. The van der Waals surface area contributed by atoms with E-state index in [1.165, 1.54) is 18.2 Å². The number of benzene rings is 4. The second-order valence-electron chi connectivity index (χ2n) is 10.6. The number of carbonyl (C=O) groups excluding carboxylic acids is 1. The molecule has 4 aromatic rings. The molecule has 10 N–H and O–H groups in total. The molecular formula is C30H22O14. The number of hydrogen-bond donors (Lipinski definition) is 10. The van der Waals surface area contributed by atoms with Gasteiger partial charge in [0.05, 0.1) is 5.92 Å². The van der Waals surface area contributed by atoms with Crippen LogP contribution in [0.5, 0.6) is 63.2 Å². The lowest BCUT2D eigenvalue weighted by Gasteiger charge is -2.50. The van der Waals surface area contributed by atoms with Crippen molar-refractivity contribution in [1.29, 1.82) is 0 Å². The topological polar surface area (TPSA) is 247 Å². The van der Waals surface area contributed by atoms with Crippen molar-refractivity contribution in [3.63, 3.8) is 0 Å². The van der Waals surface area contributed by atoms with Crippen LogP contribution in [-0.2, 0) is 5.79 Å². The molecule has 5 atom stereocenters. The predicted octanol–water partition coefficient (Wildman–Crippen LogP) is 2.14. The zero-order valence-electron chi connectivity index (χ0n) is 22.0. The number of para-hydroxylation sites is 1. The Morgan fingerprint density at radius 2 is 1.32 bits per heavy atom. The van der Waals surface area contributed by atoms with Crippen LogP contribution in [0, 0.1) is 0 Å². The maximum atomic E-state index is 13.5. The minimum absolute atomic E-state index is 0.134. The second-order valence-corrected chi connectivity index (χ2v) is 10.6. The Morgan fingerprint density at radius 1 is 0.659 bits per heavy atom. The van der Waals surface area contributed by atoms with Crippen LogP contribution in [0.25, 0.3) is 0 Å². The Morgan fingerprint density at radius 3 is 2.00 bits per heavy atom. The summed E-state index contributed by atoms with van der Waals surface area (Å²) in [7, 11) is 0. The van der Waals surface area contributed by atoms with Gasteiger partial charge in [0, 0.05) is 40.5 Å². The van der Waals surface area contributed by atoms with Crippen LogP contribution in [0.4, 0.5) is 0 Å². The molecule has 2 bridgehead atoms. The number of aliphatic hydroxyl groups is 2. The Kier molecular flexibility index (Phi) is 5.48. The first kappa shape index (κ1) is 27.1. The number of phenolic OH excluding ortho intramolecular Hbond substituents is 8. The van der Waals surface area contributed by atoms with Crippen molar-refractivity contribution in [2.75, 3.05) is 0 Å². The van der Waals surface area contributed by atoms with Crippen molar-refractivity contribution >= 4 is 5.78 Å². The molecule has 0 aliphatic carbocycles. The van der Waals surface area contributed by atoms with Crippen LogP contribution in [0.15, 0.2) is 48.5 Å². The van der Waals surface area contributed by atoms with Gasteiger partial charge in [-0.05, 0) is 18.2 Å². The highest BCUT2D eigenvalue weighted by Gasteiger charge is 2.60. The van der Waals surface area contributed by atoms with Crippen molar-refractivity contribution in [2.24, 2.45) is 0 Å². The number of carbonyl (C=O) groups is 1. The van der Waals surface area contributed by atoms with E-state index in [9.17, 15) is 55.9 Å². The summed E-state index contributed by atoms with van der Waals surface area (Å²) in [6.07, 6.45) is -5.40. The Balaban J connectivity index is 1.48. The summed E-state index contributed by atoms with van der Waals surface area (Å²) in [6.45, 7) is 0. The van der Waals surface area contributed by atoms with E-state index in [4.69, 9.17) is 14.2 Å². The van der Waals surface area contributed by atoms with Gasteiger partial charge in [0.2, 0.25) is 5.78 Å². The number of aliphatic hydroxyl groups excluding tert-OH is 2. The molecule has 0 aromatic heterocycles. The highest BCUT2D eigenvalue weighted by molar-refractivity contribution is 6.06. The number of ether oxygens (including phenoxy) is 3. The van der Waals surface area contributed by atoms with E-state index in [0.717, 1.165) is 30.3 Å². The Bertz CT molecular complexity index is 1900. The normalized spacial score (nSPS) is 24.6. The molecule has 0 spiro atoms. The molecule has 3 heterocycles. The third-order valence-electron chi connectivity index (χ3n) is 8.10. The highest BCUT2D eigenvalue weighted by atomic mass is 16.7. The van der Waals surface area contributed by atoms with Crippen molar-refractivity contribution in [1.82, 2.24) is 0 Å². The number of ketones is 1. The first-order valence-corrected chi connectivity index (χ1v) is 13.0. The minimum Gasteiger partial charge on any atom is -0.508 e. The smallest absolute Gasteiger partial charge is 0.305 e. The molecule has 14 heteroatoms. The van der Waals surface area contributed by atoms with Gasteiger partial charge in [-0.3, -0.25) is 4.79 Å². The predicted molar refractivity (Wildman–Crippen MR) is 144 cm³/mol. The van der Waals surface area contributed by atoms with Gasteiger partial charge in [-0.15, -0.1) is 0 Å². The van der Waals surface area contributed by atoms with Crippen LogP contribution < -0.4 is 14.2 Å². The monoisotopic (exact) mass is 606 g/mol. The van der Waals surface area contributed by atoms with Gasteiger partial charge in [0.25, 0.3) is 0 Å². The number of fused-ring (bicyclic) bond motifs is 7. The second kappa shape index (κ2) is 8.89. The quantitative estimate of drug-likeness (QED) is 0.147. The molecule has 0 amide bonds. The molecule has 5 unspecified atom stereocenters. The number of aromatic hydroxyl groups is 8. The maximum Gasteiger partial charge on any atom is 0.305 e. The summed E-state index contributed by atoms with van der Waals surface area (Å²) in [5.74, 6) is -11.2. The number of Topliss-reactive ketones (excluding diaryl/α,β-unsaturated/α-hetero) is 1. The molecule has 14 nitrogen and oxygen atoms in total. The van der Waals surface area contributed by atoms with E-state index in [0.29, 0.717) is 0 Å². The largest absolute Gasteiger partial charge is 0.508 e. The van der Waals surface area contributed by atoms with Crippen LogP contribution in [0.3, 0.4) is 0 Å². The molecule has 0 radical (unpaired) electrons. The lowest BCUT2D eigenvalue weighted by Crippen LogP contribution is -2.57. The first-order valence-electron chi connectivity index (χ1n) is 13.0. The van der Waals surface area contributed by atoms with Crippen LogP contribution in [0.1, 0.15) is 44.6 Å². The van der Waals surface area contributed by atoms with Crippen molar-refractivity contribution in [2.45, 2.75) is 30.0 Å². The molecule has 0 saturated carbocycles. The SMILES string of the molecule is O=C1c2c(cc3c(c2O)C2c4c(O)cc(O)cc4OC(c4cc(O)c(O)c(O)c4)(O3)C2O)OC(c2cccc(O)c2O)C1O. The molecule has 3 aliphatic rings. The zero-order chi connectivity index (χ0) is 31.4. The molecule has 0 fully saturated rings. The Hall–Kier alpha value is -5.73. The maximum absolute atomic E-state index is 13.5. The van der Waals surface area contributed by atoms with E-state index >= 15 is 0 Å². The fraction of sp³-hybridized carbons (Fsp3) is 0.167. The van der Waals surface area contributed by atoms with Crippen molar-refractivity contribution < 1.29 is 70.1 Å². The van der Waals surface area contributed by atoms with Gasteiger partial charge < -0.3 is 65.3 Å². The average molecular weight is 606 g/mol. The van der Waals surface area contributed by atoms with Gasteiger partial charge in [0.1, 0.15) is 46.2 Å². The van der Waals surface area contributed by atoms with Gasteiger partial charge in [-0.25, -0.2) is 0 Å². The van der Waals surface area contributed by atoms with E-state index in [1.807, 2.05) is 0 Å². The van der Waals surface area contributed by atoms with E-state index in [1.54, 1.807) is 0 Å². The van der Waals surface area contributed by atoms with Gasteiger partial charge in [-0.1, -0.05) is 12.1 Å². The van der Waals surface area contributed by atoms with Gasteiger partial charge in [-0.2, -0.15) is 0 Å². The summed E-state index contributed by atoms with van der Waals surface area (Å²) < 4.78 is 18.0. The summed E-state index contributed by atoms with van der Waals surface area (Å²) in [5.41, 5.74) is -1.27. The number of phenols is 8. The Labute approximate surface area is 245 Å². The third kappa shape index (κ3) is 3.46. The standard InChI is InChI=1S/C30H22O14/c31-10-6-13(33)19-17(7-10)43-30(9-4-14(34)24(37)15(35)5-9)29(41)22(19)20-18(44-30)8-16-21(25(20)38)26(39)27(40)28(42-16)11-2-1-3-12(32)23(11)36/h1-8,22,27-29,31-38,40-41H. The molecule has 44 heavy (non-hydrogen) atoms.